The van der Waals surface area contributed by atoms with Crippen LogP contribution >= 0.6 is 0 Å². The zero-order valence-electron chi connectivity index (χ0n) is 17.2. The van der Waals surface area contributed by atoms with E-state index >= 15 is 0 Å². The summed E-state index contributed by atoms with van der Waals surface area (Å²) >= 11 is 0. The molecule has 0 rings (SSSR count). The van der Waals surface area contributed by atoms with Crippen molar-refractivity contribution in [3.05, 3.63) is 49.1 Å². The molecule has 0 radical (unpaired) electrons. The second-order valence-electron chi connectivity index (χ2n) is 8.29. The molecule has 0 aliphatic carbocycles. The summed E-state index contributed by atoms with van der Waals surface area (Å²) in [4.78, 5) is 0. The highest BCUT2D eigenvalue weighted by atomic mass is 14.2. The molecule has 0 heteroatoms. The van der Waals surface area contributed by atoms with Gasteiger partial charge in [-0.15, -0.1) is 6.58 Å². The van der Waals surface area contributed by atoms with Crippen molar-refractivity contribution >= 4 is 0 Å². The Morgan fingerprint density at radius 3 is 2.17 bits per heavy atom. The predicted molar refractivity (Wildman–Crippen MR) is 112 cm³/mol. The lowest BCUT2D eigenvalue weighted by atomic mass is 9.86. The van der Waals surface area contributed by atoms with Gasteiger partial charge in [0.2, 0.25) is 0 Å². The van der Waals surface area contributed by atoms with Gasteiger partial charge in [0.1, 0.15) is 0 Å². The van der Waals surface area contributed by atoms with E-state index in [4.69, 9.17) is 0 Å². The summed E-state index contributed by atoms with van der Waals surface area (Å²) in [6, 6.07) is 0. The lowest BCUT2D eigenvalue weighted by Gasteiger charge is -2.20. The molecule has 0 aromatic rings. The van der Waals surface area contributed by atoms with Gasteiger partial charge in [0.25, 0.3) is 0 Å². The summed E-state index contributed by atoms with van der Waals surface area (Å²) < 4.78 is 0. The quantitative estimate of drug-likeness (QED) is 0.182. The molecule has 0 saturated heterocycles. The molecule has 0 bridgehead atoms. The third kappa shape index (κ3) is 11.5. The summed E-state index contributed by atoms with van der Waals surface area (Å²) in [6.45, 7) is 22.0. The Morgan fingerprint density at radius 1 is 0.958 bits per heavy atom. The molecule has 0 fully saturated rings. The van der Waals surface area contributed by atoms with Crippen LogP contribution in [0.15, 0.2) is 49.1 Å². The van der Waals surface area contributed by atoms with E-state index in [0.717, 1.165) is 18.3 Å². The lowest BCUT2D eigenvalue weighted by Crippen LogP contribution is -2.09. The molecule has 0 aliphatic heterocycles. The van der Waals surface area contributed by atoms with Crippen molar-refractivity contribution in [2.24, 2.45) is 29.6 Å². The van der Waals surface area contributed by atoms with Crippen LogP contribution in [-0.2, 0) is 0 Å². The van der Waals surface area contributed by atoms with E-state index in [0.29, 0.717) is 17.8 Å². The van der Waals surface area contributed by atoms with Gasteiger partial charge in [0.05, 0.1) is 0 Å². The number of hydrogen-bond acceptors (Lipinski definition) is 0. The Hall–Kier alpha value is -1.04. The molecule has 0 spiro atoms. The topological polar surface area (TPSA) is 0 Å². The number of unbranched alkanes of at least 4 members (excludes halogenated alkanes) is 1. The fourth-order valence-corrected chi connectivity index (χ4v) is 3.01. The van der Waals surface area contributed by atoms with Crippen molar-refractivity contribution in [2.75, 3.05) is 0 Å². The van der Waals surface area contributed by atoms with Gasteiger partial charge >= 0.3 is 0 Å². The molecule has 3 unspecified atom stereocenters. The van der Waals surface area contributed by atoms with E-state index in [1.54, 1.807) is 0 Å². The van der Waals surface area contributed by atoms with Gasteiger partial charge in [0, 0.05) is 0 Å². The standard InChI is InChI=1S/C24H42/c1-9-24(23(8)18-20(4)5)17-16-22(7)21(6)15-13-11-10-12-14-19(2)3/h9,11,13,16-17,19-21,23-24H,1,7,10,12,14-15,18H2,2-6,8H3. The van der Waals surface area contributed by atoms with Crippen molar-refractivity contribution in [2.45, 2.75) is 73.6 Å². The zero-order valence-corrected chi connectivity index (χ0v) is 17.2. The second-order valence-corrected chi connectivity index (χ2v) is 8.29. The van der Waals surface area contributed by atoms with E-state index in [2.05, 4.69) is 85.1 Å². The summed E-state index contributed by atoms with van der Waals surface area (Å²) in [5.74, 6) is 3.15. The van der Waals surface area contributed by atoms with Crippen LogP contribution in [0.25, 0.3) is 0 Å². The lowest BCUT2D eigenvalue weighted by molar-refractivity contribution is 0.392. The van der Waals surface area contributed by atoms with E-state index in [1.807, 2.05) is 0 Å². The Balaban J connectivity index is 4.27. The van der Waals surface area contributed by atoms with Gasteiger partial charge in [-0.2, -0.15) is 0 Å². The molecule has 0 amide bonds. The summed E-state index contributed by atoms with van der Waals surface area (Å²) in [5, 5.41) is 0. The first kappa shape index (κ1) is 23.0. The average Bonchev–Trinajstić information content (AvgIpc) is 2.49. The van der Waals surface area contributed by atoms with Gasteiger partial charge < -0.3 is 0 Å². The fraction of sp³-hybridized carbons (Fsp3) is 0.667. The van der Waals surface area contributed by atoms with Gasteiger partial charge in [-0.1, -0.05) is 90.5 Å². The fourth-order valence-electron chi connectivity index (χ4n) is 3.01. The summed E-state index contributed by atoms with van der Waals surface area (Å²) in [5.41, 5.74) is 1.23. The van der Waals surface area contributed by atoms with Crippen molar-refractivity contribution in [1.29, 1.82) is 0 Å². The molecular formula is C24H42. The van der Waals surface area contributed by atoms with Crippen LogP contribution in [-0.4, -0.2) is 0 Å². The average molecular weight is 331 g/mol. The van der Waals surface area contributed by atoms with Crippen molar-refractivity contribution in [3.8, 4) is 0 Å². The Kier molecular flexibility index (Phi) is 12.7. The molecule has 0 nitrogen and oxygen atoms in total. The first-order valence-corrected chi connectivity index (χ1v) is 9.92. The molecule has 0 saturated carbocycles. The Morgan fingerprint density at radius 2 is 1.62 bits per heavy atom. The minimum atomic E-state index is 0.447. The minimum absolute atomic E-state index is 0.447. The van der Waals surface area contributed by atoms with Crippen molar-refractivity contribution in [1.82, 2.24) is 0 Å². The SMILES string of the molecule is C=CC(C=CC(=C)C(C)CC=CCCCC(C)C)C(C)CC(C)C. The van der Waals surface area contributed by atoms with Crippen molar-refractivity contribution in [3.63, 3.8) is 0 Å². The monoisotopic (exact) mass is 330 g/mol. The second kappa shape index (κ2) is 13.3. The third-order valence-electron chi connectivity index (χ3n) is 4.75. The smallest absolute Gasteiger partial charge is 0.00272 e. The van der Waals surface area contributed by atoms with E-state index in [9.17, 15) is 0 Å². The molecule has 138 valence electrons. The van der Waals surface area contributed by atoms with Gasteiger partial charge in [-0.05, 0) is 55.3 Å². The largest absolute Gasteiger partial charge is 0.102 e. The highest BCUT2D eigenvalue weighted by Crippen LogP contribution is 2.24. The molecule has 0 aliphatic rings. The van der Waals surface area contributed by atoms with Gasteiger partial charge in [-0.25, -0.2) is 0 Å². The molecule has 0 N–H and O–H groups in total. The highest BCUT2D eigenvalue weighted by molar-refractivity contribution is 5.20. The maximum absolute atomic E-state index is 4.26. The molecule has 0 aromatic carbocycles. The molecule has 0 aromatic heterocycles. The maximum Gasteiger partial charge on any atom is -0.00272 e. The van der Waals surface area contributed by atoms with E-state index in [-0.39, 0.29) is 0 Å². The maximum atomic E-state index is 4.26. The summed E-state index contributed by atoms with van der Waals surface area (Å²) in [7, 11) is 0. The molecule has 3 atom stereocenters. The number of allylic oxidation sites excluding steroid dienone is 6. The summed E-state index contributed by atoms with van der Waals surface area (Å²) in [6.07, 6.45) is 17.4. The first-order valence-electron chi connectivity index (χ1n) is 9.92. The minimum Gasteiger partial charge on any atom is -0.102 e. The van der Waals surface area contributed by atoms with Crippen molar-refractivity contribution < 1.29 is 0 Å². The van der Waals surface area contributed by atoms with Crippen LogP contribution in [0.4, 0.5) is 0 Å². The highest BCUT2D eigenvalue weighted by Gasteiger charge is 2.13. The Labute approximate surface area is 152 Å². The first-order chi connectivity index (χ1) is 11.3. The zero-order chi connectivity index (χ0) is 18.5. The van der Waals surface area contributed by atoms with Crippen LogP contribution in [0.1, 0.15) is 73.6 Å². The van der Waals surface area contributed by atoms with Crippen LogP contribution in [0.3, 0.4) is 0 Å². The normalized spacial score (nSPS) is 16.2. The van der Waals surface area contributed by atoms with Crippen LogP contribution in [0.5, 0.6) is 0 Å². The van der Waals surface area contributed by atoms with Crippen LogP contribution in [0, 0.1) is 29.6 Å². The molecular weight excluding hydrogens is 288 g/mol. The number of hydrogen-bond donors (Lipinski definition) is 0. The van der Waals surface area contributed by atoms with Gasteiger partial charge in [-0.3, -0.25) is 0 Å². The van der Waals surface area contributed by atoms with Gasteiger partial charge in [0.15, 0.2) is 0 Å². The van der Waals surface area contributed by atoms with Crippen LogP contribution < -0.4 is 0 Å². The van der Waals surface area contributed by atoms with Crippen LogP contribution in [0.2, 0.25) is 0 Å². The third-order valence-corrected chi connectivity index (χ3v) is 4.75. The molecule has 24 heavy (non-hydrogen) atoms. The predicted octanol–water partition coefficient (Wildman–Crippen LogP) is 7.99. The number of rotatable bonds is 13. The molecule has 0 heterocycles. The van der Waals surface area contributed by atoms with E-state index in [1.165, 1.54) is 31.3 Å². The Bertz CT molecular complexity index is 394. The van der Waals surface area contributed by atoms with E-state index < -0.39 is 0 Å².